The van der Waals surface area contributed by atoms with Gasteiger partial charge in [0.15, 0.2) is 0 Å². The third-order valence-corrected chi connectivity index (χ3v) is 4.46. The van der Waals surface area contributed by atoms with Gasteiger partial charge in [-0.25, -0.2) is 0 Å². The summed E-state index contributed by atoms with van der Waals surface area (Å²) in [4.78, 5) is 0. The molecule has 1 aliphatic rings. The average molecular weight is 390 g/mol. The summed E-state index contributed by atoms with van der Waals surface area (Å²) >= 11 is 0. The fraction of sp³-hybridized carbons (Fsp3) is 0.182. The fourth-order valence-corrected chi connectivity index (χ4v) is 2.81. The van der Waals surface area contributed by atoms with Crippen molar-refractivity contribution in [1.82, 2.24) is 0 Å². The number of ether oxygens (including phenoxy) is 2. The lowest BCUT2D eigenvalue weighted by atomic mass is 10.3. The fourth-order valence-electron chi connectivity index (χ4n) is 2.20. The van der Waals surface area contributed by atoms with Gasteiger partial charge < -0.3 is 9.47 Å². The molecule has 0 saturated heterocycles. The zero-order valence-electron chi connectivity index (χ0n) is 15.1. The SMILES string of the molecule is O=S1CC#C/C=C/COc2ccccc2N=Nc2ccccc2OCC#CC1. The molecule has 0 spiro atoms. The van der Waals surface area contributed by atoms with E-state index in [0.717, 1.165) is 0 Å². The van der Waals surface area contributed by atoms with Gasteiger partial charge in [0.05, 0.1) is 11.5 Å². The number of para-hydroxylation sites is 2. The van der Waals surface area contributed by atoms with Gasteiger partial charge in [-0.15, -0.1) is 10.2 Å². The molecule has 0 aromatic heterocycles. The predicted molar refractivity (Wildman–Crippen MR) is 111 cm³/mol. The van der Waals surface area contributed by atoms with Gasteiger partial charge in [-0.1, -0.05) is 47.9 Å². The monoisotopic (exact) mass is 390 g/mol. The Bertz CT molecular complexity index is 1020. The van der Waals surface area contributed by atoms with E-state index in [9.17, 15) is 4.21 Å². The second kappa shape index (κ2) is 10.7. The summed E-state index contributed by atoms with van der Waals surface area (Å²) in [7, 11) is -1.10. The van der Waals surface area contributed by atoms with Gasteiger partial charge in [-0.2, -0.15) is 0 Å². The van der Waals surface area contributed by atoms with Gasteiger partial charge in [0.2, 0.25) is 0 Å². The molecule has 0 amide bonds. The van der Waals surface area contributed by atoms with Crippen molar-refractivity contribution in [3.05, 3.63) is 60.7 Å². The van der Waals surface area contributed by atoms with Gasteiger partial charge in [0, 0.05) is 10.8 Å². The first-order chi connectivity index (χ1) is 13.8. The molecule has 5 nitrogen and oxygen atoms in total. The molecule has 1 unspecified atom stereocenters. The number of nitrogens with zero attached hydrogens (tertiary/aromatic N) is 2. The molecule has 2 aromatic rings. The molecule has 2 aromatic carbocycles. The maximum absolute atomic E-state index is 11.8. The van der Waals surface area contributed by atoms with Crippen LogP contribution in [0.25, 0.3) is 0 Å². The van der Waals surface area contributed by atoms with E-state index in [-0.39, 0.29) is 18.1 Å². The molecule has 140 valence electrons. The third-order valence-electron chi connectivity index (χ3n) is 3.53. The van der Waals surface area contributed by atoms with Crippen molar-refractivity contribution in [3.8, 4) is 35.2 Å². The third kappa shape index (κ3) is 6.12. The van der Waals surface area contributed by atoms with E-state index in [1.54, 1.807) is 18.2 Å². The topological polar surface area (TPSA) is 60.2 Å². The molecule has 0 bridgehead atoms. The van der Waals surface area contributed by atoms with E-state index in [2.05, 4.69) is 33.9 Å². The van der Waals surface area contributed by atoms with Crippen LogP contribution in [0.3, 0.4) is 0 Å². The number of azo groups is 1. The number of benzene rings is 2. The Morgan fingerprint density at radius 1 is 0.821 bits per heavy atom. The lowest BCUT2D eigenvalue weighted by molar-refractivity contribution is 0.364. The Labute approximate surface area is 166 Å². The Hall–Kier alpha value is -3.35. The first-order valence-electron chi connectivity index (χ1n) is 8.62. The molecular weight excluding hydrogens is 372 g/mol. The van der Waals surface area contributed by atoms with Crippen LogP contribution < -0.4 is 9.47 Å². The molecule has 6 heteroatoms. The predicted octanol–water partition coefficient (Wildman–Crippen LogP) is 4.18. The highest BCUT2D eigenvalue weighted by Gasteiger charge is 2.04. The number of allylic oxidation sites excluding steroid dienone is 1. The standard InChI is InChI=1S/C22H18N2O3S/c25-28-17-9-2-1-7-15-26-21-13-5-3-11-19(21)23-24-20-12-4-6-14-22(20)27-16-8-10-18-28/h1,3-7,11-14H,15-18H2/b7-1+,24-23?. The molecule has 0 aliphatic carbocycles. The lowest BCUT2D eigenvalue weighted by Crippen LogP contribution is -1.99. The summed E-state index contributed by atoms with van der Waals surface area (Å²) in [5.74, 6) is 13.2. The maximum atomic E-state index is 11.8. The Morgan fingerprint density at radius 2 is 1.46 bits per heavy atom. The van der Waals surface area contributed by atoms with E-state index in [0.29, 0.717) is 29.5 Å². The largest absolute Gasteiger partial charge is 0.487 e. The highest BCUT2D eigenvalue weighted by Crippen LogP contribution is 2.32. The van der Waals surface area contributed by atoms with Crippen LogP contribution in [0.5, 0.6) is 11.5 Å². The van der Waals surface area contributed by atoms with Crippen molar-refractivity contribution in [2.45, 2.75) is 0 Å². The van der Waals surface area contributed by atoms with Gasteiger partial charge in [-0.05, 0) is 36.4 Å². The maximum Gasteiger partial charge on any atom is 0.149 e. The highest BCUT2D eigenvalue weighted by atomic mass is 32.2. The van der Waals surface area contributed by atoms with Crippen LogP contribution in [-0.4, -0.2) is 28.9 Å². The van der Waals surface area contributed by atoms with Crippen LogP contribution in [0.4, 0.5) is 11.4 Å². The van der Waals surface area contributed by atoms with Crippen LogP contribution in [0.15, 0.2) is 70.9 Å². The molecule has 1 atom stereocenters. The smallest absolute Gasteiger partial charge is 0.149 e. The molecule has 0 N–H and O–H groups in total. The van der Waals surface area contributed by atoms with Crippen molar-refractivity contribution in [1.29, 1.82) is 0 Å². The minimum Gasteiger partial charge on any atom is -0.487 e. The van der Waals surface area contributed by atoms with Crippen molar-refractivity contribution >= 4 is 22.2 Å². The summed E-state index contributed by atoms with van der Waals surface area (Å²) in [6.07, 6.45) is 3.48. The Kier molecular flexibility index (Phi) is 7.43. The minimum absolute atomic E-state index is 0.178. The first-order valence-corrected chi connectivity index (χ1v) is 10.1. The molecule has 28 heavy (non-hydrogen) atoms. The van der Waals surface area contributed by atoms with E-state index in [1.807, 2.05) is 42.5 Å². The number of fused-ring (bicyclic) bond motifs is 2. The molecule has 0 fully saturated rings. The van der Waals surface area contributed by atoms with Gasteiger partial charge in [-0.3, -0.25) is 4.21 Å². The number of hydrogen-bond acceptors (Lipinski definition) is 5. The molecule has 3 rings (SSSR count). The van der Waals surface area contributed by atoms with Crippen molar-refractivity contribution in [2.24, 2.45) is 10.2 Å². The number of hydrogen-bond donors (Lipinski definition) is 0. The summed E-state index contributed by atoms with van der Waals surface area (Å²) in [6.45, 7) is 0.521. The van der Waals surface area contributed by atoms with Crippen LogP contribution in [-0.2, 0) is 10.8 Å². The minimum atomic E-state index is -1.10. The highest BCUT2D eigenvalue weighted by molar-refractivity contribution is 7.85. The molecule has 0 saturated carbocycles. The van der Waals surface area contributed by atoms with Crippen molar-refractivity contribution in [2.75, 3.05) is 24.7 Å². The van der Waals surface area contributed by atoms with Crippen molar-refractivity contribution in [3.63, 3.8) is 0 Å². The number of rotatable bonds is 0. The van der Waals surface area contributed by atoms with Crippen LogP contribution in [0, 0.1) is 23.7 Å². The van der Waals surface area contributed by atoms with E-state index in [4.69, 9.17) is 9.47 Å². The second-order valence-corrected chi connectivity index (χ2v) is 7.00. The summed E-state index contributed by atoms with van der Waals surface area (Å²) in [5.41, 5.74) is 1.21. The molecular formula is C22H18N2O3S. The van der Waals surface area contributed by atoms with Gasteiger partial charge >= 0.3 is 0 Å². The normalized spacial score (nSPS) is 17.9. The van der Waals surface area contributed by atoms with E-state index < -0.39 is 10.8 Å². The van der Waals surface area contributed by atoms with Crippen molar-refractivity contribution < 1.29 is 13.7 Å². The summed E-state index contributed by atoms with van der Waals surface area (Å²) < 4.78 is 23.3. The molecule has 1 heterocycles. The van der Waals surface area contributed by atoms with E-state index >= 15 is 0 Å². The van der Waals surface area contributed by atoms with Gasteiger partial charge in [0.1, 0.15) is 36.1 Å². The summed E-state index contributed by atoms with van der Waals surface area (Å²) in [6, 6.07) is 14.7. The quantitative estimate of drug-likeness (QED) is 0.634. The second-order valence-electron chi connectivity index (χ2n) is 5.54. The molecule has 0 radical (unpaired) electrons. The summed E-state index contributed by atoms with van der Waals surface area (Å²) in [5, 5.41) is 8.61. The molecule has 1 aliphatic heterocycles. The lowest BCUT2D eigenvalue weighted by Gasteiger charge is -2.06. The van der Waals surface area contributed by atoms with E-state index in [1.165, 1.54) is 0 Å². The zero-order chi connectivity index (χ0) is 19.4. The zero-order valence-corrected chi connectivity index (χ0v) is 15.9. The Balaban J connectivity index is 1.87. The van der Waals surface area contributed by atoms with Crippen LogP contribution >= 0.6 is 0 Å². The Morgan fingerprint density at radius 3 is 2.21 bits per heavy atom. The van der Waals surface area contributed by atoms with Crippen LogP contribution in [0.2, 0.25) is 0 Å². The average Bonchev–Trinajstić information content (AvgIpc) is 2.72. The van der Waals surface area contributed by atoms with Gasteiger partial charge in [0.25, 0.3) is 0 Å². The first kappa shape index (κ1) is 19.4. The van der Waals surface area contributed by atoms with Crippen LogP contribution in [0.1, 0.15) is 0 Å².